The molecule has 0 heterocycles. The Bertz CT molecular complexity index is 466. The van der Waals surface area contributed by atoms with Gasteiger partial charge in [0.25, 0.3) is 0 Å². The fourth-order valence-electron chi connectivity index (χ4n) is 2.02. The lowest BCUT2D eigenvalue weighted by Crippen LogP contribution is -2.43. The number of halogens is 1. The maximum atomic E-state index is 12.8. The molecule has 1 rings (SSSR count). The molecular formula is C17H25FN2O2. The van der Waals surface area contributed by atoms with Crippen molar-refractivity contribution in [3.63, 3.8) is 0 Å². The summed E-state index contributed by atoms with van der Waals surface area (Å²) in [5, 5.41) is 2.60. The molecule has 0 unspecified atom stereocenters. The largest absolute Gasteiger partial charge is 0.344 e. The first kappa shape index (κ1) is 18.1. The maximum Gasteiger partial charge on any atom is 0.311 e. The van der Waals surface area contributed by atoms with Crippen molar-refractivity contribution in [2.75, 3.05) is 13.1 Å². The molecule has 0 saturated carbocycles. The lowest BCUT2D eigenvalue weighted by molar-refractivity contribution is -0.146. The molecule has 0 saturated heterocycles. The molecule has 0 spiro atoms. The van der Waals surface area contributed by atoms with Crippen LogP contribution in [0.25, 0.3) is 0 Å². The summed E-state index contributed by atoms with van der Waals surface area (Å²) in [6.45, 7) is 5.55. The summed E-state index contributed by atoms with van der Waals surface area (Å²) < 4.78 is 12.8. The van der Waals surface area contributed by atoms with Crippen LogP contribution in [0.5, 0.6) is 0 Å². The molecule has 0 aliphatic rings. The quantitative estimate of drug-likeness (QED) is 0.751. The van der Waals surface area contributed by atoms with Gasteiger partial charge in [0.05, 0.1) is 0 Å². The number of nitrogens with one attached hydrogen (secondary N) is 1. The Morgan fingerprint density at radius 1 is 1.05 bits per heavy atom. The number of rotatable bonds is 8. The fourth-order valence-corrected chi connectivity index (χ4v) is 2.02. The number of amides is 2. The molecule has 122 valence electrons. The molecule has 0 bridgehead atoms. The van der Waals surface area contributed by atoms with Gasteiger partial charge in [-0.1, -0.05) is 38.8 Å². The summed E-state index contributed by atoms with van der Waals surface area (Å²) in [6, 6.07) is 5.84. The van der Waals surface area contributed by atoms with Crippen molar-refractivity contribution < 1.29 is 14.0 Å². The summed E-state index contributed by atoms with van der Waals surface area (Å²) in [5.41, 5.74) is 0.760. The van der Waals surface area contributed by atoms with Crippen molar-refractivity contribution in [2.45, 2.75) is 46.1 Å². The monoisotopic (exact) mass is 308 g/mol. The van der Waals surface area contributed by atoms with Gasteiger partial charge in [-0.25, -0.2) is 4.39 Å². The van der Waals surface area contributed by atoms with Crippen LogP contribution in [0, 0.1) is 5.82 Å². The van der Waals surface area contributed by atoms with E-state index in [1.54, 1.807) is 17.0 Å². The normalized spacial score (nSPS) is 10.3. The molecule has 0 fully saturated rings. The lowest BCUT2D eigenvalue weighted by atomic mass is 10.2. The standard InChI is InChI=1S/C17H25FN2O2/c1-3-5-11-20(12-6-4-2)17(22)16(21)19-13-14-7-9-15(18)10-8-14/h7-10H,3-6,11-13H2,1-2H3,(H,19,21). The molecule has 1 aromatic carbocycles. The van der Waals surface area contributed by atoms with Gasteiger partial charge in [-0.05, 0) is 30.5 Å². The number of hydrogen-bond acceptors (Lipinski definition) is 2. The molecule has 0 radical (unpaired) electrons. The number of benzene rings is 1. The number of carbonyl (C=O) groups excluding carboxylic acids is 2. The van der Waals surface area contributed by atoms with E-state index in [1.165, 1.54) is 12.1 Å². The Kier molecular flexibility index (Phi) is 8.18. The van der Waals surface area contributed by atoms with Crippen molar-refractivity contribution in [1.29, 1.82) is 0 Å². The topological polar surface area (TPSA) is 49.4 Å². The van der Waals surface area contributed by atoms with Crippen molar-refractivity contribution in [2.24, 2.45) is 0 Å². The van der Waals surface area contributed by atoms with Crippen LogP contribution in [0.4, 0.5) is 4.39 Å². The summed E-state index contributed by atoms with van der Waals surface area (Å²) in [5.74, 6) is -1.41. The van der Waals surface area contributed by atoms with E-state index in [2.05, 4.69) is 19.2 Å². The number of unbranched alkanes of at least 4 members (excludes halogenated alkanes) is 2. The molecule has 0 aliphatic heterocycles. The highest BCUT2D eigenvalue weighted by Crippen LogP contribution is 2.03. The fraction of sp³-hybridized carbons (Fsp3) is 0.529. The predicted molar refractivity (Wildman–Crippen MR) is 84.6 cm³/mol. The third kappa shape index (κ3) is 6.24. The van der Waals surface area contributed by atoms with Gasteiger partial charge < -0.3 is 10.2 Å². The second kappa shape index (κ2) is 9.92. The Balaban J connectivity index is 2.52. The Morgan fingerprint density at radius 2 is 1.59 bits per heavy atom. The minimum absolute atomic E-state index is 0.222. The minimum Gasteiger partial charge on any atom is -0.344 e. The first-order chi connectivity index (χ1) is 10.6. The van der Waals surface area contributed by atoms with Crippen molar-refractivity contribution >= 4 is 11.8 Å². The molecule has 0 aromatic heterocycles. The summed E-state index contributed by atoms with van der Waals surface area (Å²) in [4.78, 5) is 25.8. The average Bonchev–Trinajstić information content (AvgIpc) is 2.53. The van der Waals surface area contributed by atoms with E-state index >= 15 is 0 Å². The van der Waals surface area contributed by atoms with Crippen LogP contribution < -0.4 is 5.32 Å². The van der Waals surface area contributed by atoms with Gasteiger partial charge in [0.2, 0.25) is 0 Å². The van der Waals surface area contributed by atoms with E-state index in [9.17, 15) is 14.0 Å². The molecule has 0 aliphatic carbocycles. The highest BCUT2D eigenvalue weighted by atomic mass is 19.1. The van der Waals surface area contributed by atoms with Crippen LogP contribution in [-0.4, -0.2) is 29.8 Å². The second-order valence-electron chi connectivity index (χ2n) is 5.31. The van der Waals surface area contributed by atoms with Crippen LogP contribution in [0.3, 0.4) is 0 Å². The molecule has 4 nitrogen and oxygen atoms in total. The van der Waals surface area contributed by atoms with Crippen LogP contribution in [0.2, 0.25) is 0 Å². The highest BCUT2D eigenvalue weighted by Gasteiger charge is 2.20. The van der Waals surface area contributed by atoms with Gasteiger partial charge in [-0.2, -0.15) is 0 Å². The minimum atomic E-state index is -0.600. The van der Waals surface area contributed by atoms with Crippen LogP contribution >= 0.6 is 0 Å². The number of hydrogen-bond donors (Lipinski definition) is 1. The van der Waals surface area contributed by atoms with Crippen molar-refractivity contribution in [3.05, 3.63) is 35.6 Å². The van der Waals surface area contributed by atoms with E-state index in [1.807, 2.05) is 0 Å². The van der Waals surface area contributed by atoms with E-state index in [0.29, 0.717) is 13.1 Å². The van der Waals surface area contributed by atoms with Crippen LogP contribution in [0.15, 0.2) is 24.3 Å². The Labute approximate surface area is 131 Å². The van der Waals surface area contributed by atoms with Gasteiger partial charge in [-0.15, -0.1) is 0 Å². The zero-order valence-electron chi connectivity index (χ0n) is 13.4. The third-order valence-electron chi connectivity index (χ3n) is 3.41. The summed E-state index contributed by atoms with van der Waals surface area (Å²) >= 11 is 0. The van der Waals surface area contributed by atoms with Gasteiger partial charge in [0, 0.05) is 19.6 Å². The molecule has 22 heavy (non-hydrogen) atoms. The molecular weight excluding hydrogens is 283 g/mol. The van der Waals surface area contributed by atoms with Gasteiger partial charge in [0.15, 0.2) is 0 Å². The maximum absolute atomic E-state index is 12.8. The summed E-state index contributed by atoms with van der Waals surface area (Å²) in [7, 11) is 0. The summed E-state index contributed by atoms with van der Waals surface area (Å²) in [6.07, 6.45) is 3.74. The van der Waals surface area contributed by atoms with Gasteiger partial charge >= 0.3 is 11.8 Å². The van der Waals surface area contributed by atoms with Gasteiger partial charge in [0.1, 0.15) is 5.82 Å². The lowest BCUT2D eigenvalue weighted by Gasteiger charge is -2.21. The van der Waals surface area contributed by atoms with Crippen LogP contribution in [0.1, 0.15) is 45.1 Å². The number of carbonyl (C=O) groups is 2. The molecule has 0 atom stereocenters. The Hall–Kier alpha value is -1.91. The number of nitrogens with zero attached hydrogens (tertiary/aromatic N) is 1. The first-order valence-electron chi connectivity index (χ1n) is 7.90. The van der Waals surface area contributed by atoms with E-state index in [4.69, 9.17) is 0 Å². The first-order valence-corrected chi connectivity index (χ1v) is 7.90. The van der Waals surface area contributed by atoms with Crippen LogP contribution in [-0.2, 0) is 16.1 Å². The Morgan fingerprint density at radius 3 is 2.09 bits per heavy atom. The predicted octanol–water partition coefficient (Wildman–Crippen LogP) is 2.87. The van der Waals surface area contributed by atoms with Crippen molar-refractivity contribution in [1.82, 2.24) is 10.2 Å². The highest BCUT2D eigenvalue weighted by molar-refractivity contribution is 6.34. The zero-order chi connectivity index (χ0) is 16.4. The second-order valence-corrected chi connectivity index (χ2v) is 5.31. The molecule has 1 aromatic rings. The van der Waals surface area contributed by atoms with E-state index in [-0.39, 0.29) is 12.4 Å². The van der Waals surface area contributed by atoms with E-state index in [0.717, 1.165) is 31.2 Å². The average molecular weight is 308 g/mol. The smallest absolute Gasteiger partial charge is 0.311 e. The van der Waals surface area contributed by atoms with Crippen molar-refractivity contribution in [3.8, 4) is 0 Å². The zero-order valence-corrected chi connectivity index (χ0v) is 13.4. The molecule has 5 heteroatoms. The molecule has 2 amide bonds. The molecule has 1 N–H and O–H groups in total. The van der Waals surface area contributed by atoms with E-state index < -0.39 is 11.8 Å². The van der Waals surface area contributed by atoms with Gasteiger partial charge in [-0.3, -0.25) is 9.59 Å². The third-order valence-corrected chi connectivity index (χ3v) is 3.41. The SMILES string of the molecule is CCCCN(CCCC)C(=O)C(=O)NCc1ccc(F)cc1.